The Balaban J connectivity index is 2.82. The third-order valence-corrected chi connectivity index (χ3v) is 2.05. The normalized spacial score (nSPS) is 43.0. The van der Waals surface area contributed by atoms with Crippen LogP contribution in [0.25, 0.3) is 10.4 Å². The SMILES string of the molecule is [N-]=[N+]=N[C@@H]1C(O)[C@H](O)OC(CO)[C@H]1O. The van der Waals surface area contributed by atoms with Crippen LogP contribution < -0.4 is 0 Å². The van der Waals surface area contributed by atoms with E-state index in [1.54, 1.807) is 0 Å². The van der Waals surface area contributed by atoms with Gasteiger partial charge in [0.1, 0.15) is 12.2 Å². The van der Waals surface area contributed by atoms with E-state index in [1.807, 2.05) is 0 Å². The van der Waals surface area contributed by atoms with Gasteiger partial charge in [-0.3, -0.25) is 0 Å². The van der Waals surface area contributed by atoms with Gasteiger partial charge in [0, 0.05) is 4.91 Å². The Morgan fingerprint density at radius 3 is 2.43 bits per heavy atom. The zero-order valence-corrected chi connectivity index (χ0v) is 7.13. The van der Waals surface area contributed by atoms with Crippen LogP contribution in [0.5, 0.6) is 0 Å². The van der Waals surface area contributed by atoms with E-state index in [9.17, 15) is 10.2 Å². The summed E-state index contributed by atoms with van der Waals surface area (Å²) in [7, 11) is 0. The Morgan fingerprint density at radius 1 is 1.29 bits per heavy atom. The van der Waals surface area contributed by atoms with Gasteiger partial charge in [-0.1, -0.05) is 5.11 Å². The van der Waals surface area contributed by atoms with Crippen molar-refractivity contribution < 1.29 is 25.2 Å². The van der Waals surface area contributed by atoms with Crippen molar-refractivity contribution in [3.05, 3.63) is 10.4 Å². The number of ether oxygens (including phenoxy) is 1. The molecule has 8 nitrogen and oxygen atoms in total. The third-order valence-electron chi connectivity index (χ3n) is 2.05. The lowest BCUT2D eigenvalue weighted by molar-refractivity contribution is -0.258. The average Bonchev–Trinajstić information content (AvgIpc) is 2.18. The Bertz CT molecular complexity index is 244. The van der Waals surface area contributed by atoms with Crippen LogP contribution in [0.15, 0.2) is 5.11 Å². The Labute approximate surface area is 79.0 Å². The number of rotatable bonds is 2. The Kier molecular flexibility index (Phi) is 3.64. The lowest BCUT2D eigenvalue weighted by atomic mass is 9.97. The molecule has 4 N–H and O–H groups in total. The van der Waals surface area contributed by atoms with Crippen LogP contribution in [0.4, 0.5) is 0 Å². The first-order chi connectivity index (χ1) is 6.61. The lowest BCUT2D eigenvalue weighted by Crippen LogP contribution is -2.57. The number of aliphatic hydroxyl groups excluding tert-OH is 4. The average molecular weight is 205 g/mol. The van der Waals surface area contributed by atoms with E-state index >= 15 is 0 Å². The van der Waals surface area contributed by atoms with Gasteiger partial charge in [0.2, 0.25) is 0 Å². The van der Waals surface area contributed by atoms with Crippen molar-refractivity contribution in [1.82, 2.24) is 0 Å². The molecule has 1 fully saturated rings. The molecule has 0 bridgehead atoms. The Hall–Kier alpha value is -0.890. The topological polar surface area (TPSA) is 139 Å². The number of aliphatic hydroxyl groups is 4. The largest absolute Gasteiger partial charge is 0.394 e. The van der Waals surface area contributed by atoms with Crippen molar-refractivity contribution in [1.29, 1.82) is 0 Å². The van der Waals surface area contributed by atoms with Gasteiger partial charge in [0.05, 0.1) is 18.8 Å². The molecule has 1 aliphatic heterocycles. The number of nitrogens with zero attached hydrogens (tertiary/aromatic N) is 3. The van der Waals surface area contributed by atoms with Gasteiger partial charge in [-0.25, -0.2) is 0 Å². The molecule has 8 heteroatoms. The van der Waals surface area contributed by atoms with Crippen LogP contribution in [-0.4, -0.2) is 57.7 Å². The molecule has 0 spiro atoms. The smallest absolute Gasteiger partial charge is 0.181 e. The number of azide groups is 1. The molecule has 2 unspecified atom stereocenters. The molecule has 0 saturated carbocycles. The molecule has 1 rings (SSSR count). The maximum absolute atomic E-state index is 9.43. The van der Waals surface area contributed by atoms with Crippen LogP contribution in [-0.2, 0) is 4.74 Å². The van der Waals surface area contributed by atoms with Gasteiger partial charge in [0.15, 0.2) is 6.29 Å². The van der Waals surface area contributed by atoms with Gasteiger partial charge >= 0.3 is 0 Å². The first kappa shape index (κ1) is 11.2. The van der Waals surface area contributed by atoms with Crippen molar-refractivity contribution in [3.63, 3.8) is 0 Å². The van der Waals surface area contributed by atoms with E-state index < -0.39 is 37.3 Å². The molecule has 0 aliphatic carbocycles. The molecule has 14 heavy (non-hydrogen) atoms. The summed E-state index contributed by atoms with van der Waals surface area (Å²) >= 11 is 0. The van der Waals surface area contributed by atoms with Crippen molar-refractivity contribution in [3.8, 4) is 0 Å². The zero-order chi connectivity index (χ0) is 10.7. The molecule has 0 aromatic carbocycles. The van der Waals surface area contributed by atoms with E-state index in [-0.39, 0.29) is 0 Å². The number of hydrogen-bond acceptors (Lipinski definition) is 6. The highest BCUT2D eigenvalue weighted by molar-refractivity contribution is 4.93. The summed E-state index contributed by atoms with van der Waals surface area (Å²) in [6.45, 7) is -0.539. The maximum Gasteiger partial charge on any atom is 0.181 e. The van der Waals surface area contributed by atoms with Crippen LogP contribution in [0.3, 0.4) is 0 Å². The fourth-order valence-corrected chi connectivity index (χ4v) is 1.28. The van der Waals surface area contributed by atoms with E-state index in [0.717, 1.165) is 0 Å². The summed E-state index contributed by atoms with van der Waals surface area (Å²) in [5.74, 6) is 0. The predicted molar refractivity (Wildman–Crippen MR) is 42.9 cm³/mol. The van der Waals surface area contributed by atoms with Gasteiger partial charge in [-0.05, 0) is 5.53 Å². The van der Waals surface area contributed by atoms with E-state index in [1.165, 1.54) is 0 Å². The van der Waals surface area contributed by atoms with Crippen LogP contribution in [0.2, 0.25) is 0 Å². The molecular weight excluding hydrogens is 194 g/mol. The fraction of sp³-hybridized carbons (Fsp3) is 1.00. The maximum atomic E-state index is 9.43. The predicted octanol–water partition coefficient (Wildman–Crippen LogP) is -1.90. The minimum absolute atomic E-state index is 0.539. The van der Waals surface area contributed by atoms with Gasteiger partial charge in [-0.2, -0.15) is 0 Å². The summed E-state index contributed by atoms with van der Waals surface area (Å²) < 4.78 is 4.66. The molecule has 0 aromatic heterocycles. The van der Waals surface area contributed by atoms with Crippen molar-refractivity contribution in [2.24, 2.45) is 5.11 Å². The first-order valence-corrected chi connectivity index (χ1v) is 3.96. The molecule has 5 atom stereocenters. The zero-order valence-electron chi connectivity index (χ0n) is 7.13. The van der Waals surface area contributed by atoms with Crippen LogP contribution in [0.1, 0.15) is 0 Å². The molecule has 0 aromatic rings. The quantitative estimate of drug-likeness (QED) is 0.237. The molecule has 1 aliphatic rings. The number of hydrogen-bond donors (Lipinski definition) is 4. The van der Waals surface area contributed by atoms with Gasteiger partial charge in [0.25, 0.3) is 0 Å². The molecular formula is C6H11N3O5. The Morgan fingerprint density at radius 2 is 1.93 bits per heavy atom. The monoisotopic (exact) mass is 205 g/mol. The lowest BCUT2D eigenvalue weighted by Gasteiger charge is -2.37. The second-order valence-corrected chi connectivity index (χ2v) is 2.92. The highest BCUT2D eigenvalue weighted by Crippen LogP contribution is 2.22. The van der Waals surface area contributed by atoms with E-state index in [2.05, 4.69) is 14.8 Å². The molecule has 0 radical (unpaired) electrons. The standard InChI is InChI=1S/C6H11N3O5/c7-9-8-3-4(11)2(1-10)14-6(13)5(3)12/h2-6,10-13H,1H2/t2?,3-,4+,5?,6+/m0/s1. The molecule has 1 heterocycles. The summed E-state index contributed by atoms with van der Waals surface area (Å²) in [4.78, 5) is 2.42. The minimum Gasteiger partial charge on any atom is -0.394 e. The van der Waals surface area contributed by atoms with Gasteiger partial charge < -0.3 is 25.2 Å². The summed E-state index contributed by atoms with van der Waals surface area (Å²) in [6, 6.07) is -1.22. The third kappa shape index (κ3) is 1.95. The second kappa shape index (κ2) is 4.56. The molecule has 80 valence electrons. The molecule has 1 saturated heterocycles. The first-order valence-electron chi connectivity index (χ1n) is 3.96. The van der Waals surface area contributed by atoms with Crippen molar-refractivity contribution in [2.75, 3.05) is 6.61 Å². The van der Waals surface area contributed by atoms with Crippen molar-refractivity contribution >= 4 is 0 Å². The molecule has 0 amide bonds. The highest BCUT2D eigenvalue weighted by atomic mass is 16.6. The second-order valence-electron chi connectivity index (χ2n) is 2.92. The summed E-state index contributed by atoms with van der Waals surface area (Å²) in [5, 5.41) is 39.7. The minimum atomic E-state index is -1.58. The van der Waals surface area contributed by atoms with Gasteiger partial charge in [-0.15, -0.1) is 0 Å². The summed E-state index contributed by atoms with van der Waals surface area (Å²) in [6.07, 6.45) is -5.48. The van der Waals surface area contributed by atoms with Crippen LogP contribution in [0, 0.1) is 0 Å². The highest BCUT2D eigenvalue weighted by Gasteiger charge is 2.43. The van der Waals surface area contributed by atoms with E-state index in [0.29, 0.717) is 0 Å². The van der Waals surface area contributed by atoms with E-state index in [4.69, 9.17) is 15.7 Å². The van der Waals surface area contributed by atoms with Crippen molar-refractivity contribution in [2.45, 2.75) is 30.6 Å². The summed E-state index contributed by atoms with van der Waals surface area (Å²) in [5.41, 5.74) is 8.15. The van der Waals surface area contributed by atoms with Crippen LogP contribution >= 0.6 is 0 Å². The fourth-order valence-electron chi connectivity index (χ4n) is 1.28.